The van der Waals surface area contributed by atoms with Gasteiger partial charge in [-0.3, -0.25) is 4.79 Å². The van der Waals surface area contributed by atoms with Crippen LogP contribution in [0.15, 0.2) is 42.5 Å². The van der Waals surface area contributed by atoms with E-state index < -0.39 is 0 Å². The molecular formula is C14H11FO2. The number of carbonyl (C=O) groups is 1. The molecule has 0 aliphatic rings. The molecule has 17 heavy (non-hydrogen) atoms. The topological polar surface area (TPSA) is 37.3 Å². The zero-order valence-electron chi connectivity index (χ0n) is 9.27. The molecule has 0 spiro atoms. The lowest BCUT2D eigenvalue weighted by atomic mass is 10.0. The van der Waals surface area contributed by atoms with E-state index in [0.29, 0.717) is 16.7 Å². The Kier molecular flexibility index (Phi) is 2.91. The van der Waals surface area contributed by atoms with Crippen LogP contribution in [0.4, 0.5) is 4.39 Å². The summed E-state index contributed by atoms with van der Waals surface area (Å²) in [6, 6.07) is 10.3. The molecule has 0 aliphatic heterocycles. The van der Waals surface area contributed by atoms with Crippen LogP contribution in [0.1, 0.15) is 21.5 Å². The lowest BCUT2D eigenvalue weighted by Gasteiger charge is -2.03. The second-order valence-corrected chi connectivity index (χ2v) is 3.84. The number of hydrogen-bond acceptors (Lipinski definition) is 2. The molecule has 0 saturated heterocycles. The largest absolute Gasteiger partial charge is 0.508 e. The Morgan fingerprint density at radius 1 is 1.12 bits per heavy atom. The molecule has 0 heterocycles. The highest BCUT2D eigenvalue weighted by molar-refractivity contribution is 6.09. The Morgan fingerprint density at radius 2 is 1.82 bits per heavy atom. The van der Waals surface area contributed by atoms with E-state index in [1.54, 1.807) is 19.1 Å². The van der Waals surface area contributed by atoms with Crippen LogP contribution in [0, 0.1) is 12.7 Å². The number of carbonyl (C=O) groups excluding carboxylic acids is 1. The van der Waals surface area contributed by atoms with Crippen molar-refractivity contribution in [2.45, 2.75) is 6.92 Å². The summed E-state index contributed by atoms with van der Waals surface area (Å²) in [5.74, 6) is -0.531. The quantitative estimate of drug-likeness (QED) is 0.805. The molecule has 0 atom stereocenters. The van der Waals surface area contributed by atoms with Gasteiger partial charge in [0.05, 0.1) is 0 Å². The summed E-state index contributed by atoms with van der Waals surface area (Å²) in [4.78, 5) is 12.0. The van der Waals surface area contributed by atoms with Gasteiger partial charge in [0.1, 0.15) is 11.6 Å². The highest BCUT2D eigenvalue weighted by Gasteiger charge is 2.10. The SMILES string of the molecule is Cc1cc(C(=O)c2cccc(O)c2)ccc1F. The van der Waals surface area contributed by atoms with Crippen molar-refractivity contribution in [2.75, 3.05) is 0 Å². The Labute approximate surface area is 98.3 Å². The second-order valence-electron chi connectivity index (χ2n) is 3.84. The van der Waals surface area contributed by atoms with Gasteiger partial charge in [-0.2, -0.15) is 0 Å². The average molecular weight is 230 g/mol. The number of benzene rings is 2. The summed E-state index contributed by atoms with van der Waals surface area (Å²) in [5.41, 5.74) is 1.22. The molecule has 2 aromatic carbocycles. The lowest BCUT2D eigenvalue weighted by Crippen LogP contribution is -2.01. The van der Waals surface area contributed by atoms with E-state index in [0.717, 1.165) is 0 Å². The summed E-state index contributed by atoms with van der Waals surface area (Å²) in [6.07, 6.45) is 0. The maximum Gasteiger partial charge on any atom is 0.193 e. The van der Waals surface area contributed by atoms with Crippen LogP contribution >= 0.6 is 0 Å². The van der Waals surface area contributed by atoms with E-state index in [9.17, 15) is 14.3 Å². The fourth-order valence-electron chi connectivity index (χ4n) is 1.60. The lowest BCUT2D eigenvalue weighted by molar-refractivity contribution is 0.103. The van der Waals surface area contributed by atoms with E-state index in [1.807, 2.05) is 0 Å². The number of aromatic hydroxyl groups is 1. The molecule has 0 aromatic heterocycles. The van der Waals surface area contributed by atoms with Gasteiger partial charge in [0.2, 0.25) is 0 Å². The summed E-state index contributed by atoms with van der Waals surface area (Å²) in [5, 5.41) is 9.30. The molecule has 0 amide bonds. The van der Waals surface area contributed by atoms with Gasteiger partial charge in [-0.15, -0.1) is 0 Å². The van der Waals surface area contributed by atoms with Crippen LogP contribution in [-0.4, -0.2) is 10.9 Å². The van der Waals surface area contributed by atoms with Crippen molar-refractivity contribution < 1.29 is 14.3 Å². The first-order chi connectivity index (χ1) is 8.08. The van der Waals surface area contributed by atoms with Crippen molar-refractivity contribution >= 4 is 5.78 Å². The highest BCUT2D eigenvalue weighted by atomic mass is 19.1. The minimum absolute atomic E-state index is 0.0367. The van der Waals surface area contributed by atoms with E-state index in [2.05, 4.69) is 0 Å². The van der Waals surface area contributed by atoms with Crippen LogP contribution in [0.3, 0.4) is 0 Å². The summed E-state index contributed by atoms with van der Waals surface area (Å²) < 4.78 is 13.1. The first-order valence-electron chi connectivity index (χ1n) is 5.18. The van der Waals surface area contributed by atoms with Gasteiger partial charge in [-0.05, 0) is 42.8 Å². The zero-order valence-corrected chi connectivity index (χ0v) is 9.27. The van der Waals surface area contributed by atoms with Crippen molar-refractivity contribution in [3.05, 3.63) is 65.0 Å². The molecule has 2 nitrogen and oxygen atoms in total. The van der Waals surface area contributed by atoms with E-state index in [-0.39, 0.29) is 17.3 Å². The third kappa shape index (κ3) is 2.33. The normalized spacial score (nSPS) is 10.2. The van der Waals surface area contributed by atoms with Gasteiger partial charge in [-0.25, -0.2) is 4.39 Å². The standard InChI is InChI=1S/C14H11FO2/c1-9-7-11(5-6-13(9)15)14(17)10-3-2-4-12(16)8-10/h2-8,16H,1H3. The van der Waals surface area contributed by atoms with Crippen molar-refractivity contribution in [1.29, 1.82) is 0 Å². The van der Waals surface area contributed by atoms with Crippen LogP contribution in [0.5, 0.6) is 5.75 Å². The smallest absolute Gasteiger partial charge is 0.193 e. The van der Waals surface area contributed by atoms with Crippen LogP contribution < -0.4 is 0 Å². The number of halogens is 1. The van der Waals surface area contributed by atoms with E-state index in [1.165, 1.54) is 30.3 Å². The molecule has 0 saturated carbocycles. The predicted octanol–water partition coefficient (Wildman–Crippen LogP) is 3.07. The second kappa shape index (κ2) is 4.37. The number of rotatable bonds is 2. The fraction of sp³-hybridized carbons (Fsp3) is 0.0714. The molecule has 0 aliphatic carbocycles. The van der Waals surface area contributed by atoms with Crippen LogP contribution in [0.25, 0.3) is 0 Å². The van der Waals surface area contributed by atoms with Gasteiger partial charge < -0.3 is 5.11 Å². The molecule has 2 aromatic rings. The number of hydrogen-bond donors (Lipinski definition) is 1. The molecule has 86 valence electrons. The first kappa shape index (κ1) is 11.3. The Hall–Kier alpha value is -2.16. The number of phenolic OH excluding ortho intramolecular Hbond substituents is 1. The Morgan fingerprint density at radius 3 is 2.47 bits per heavy atom. The van der Waals surface area contributed by atoms with Crippen LogP contribution in [0.2, 0.25) is 0 Å². The minimum Gasteiger partial charge on any atom is -0.508 e. The molecule has 1 N–H and O–H groups in total. The van der Waals surface area contributed by atoms with Crippen molar-refractivity contribution in [3.63, 3.8) is 0 Å². The molecule has 3 heteroatoms. The maximum atomic E-state index is 13.1. The van der Waals surface area contributed by atoms with Gasteiger partial charge in [-0.1, -0.05) is 12.1 Å². The number of aryl methyl sites for hydroxylation is 1. The fourth-order valence-corrected chi connectivity index (χ4v) is 1.60. The number of ketones is 1. The minimum atomic E-state index is -0.336. The molecule has 0 unspecified atom stereocenters. The molecular weight excluding hydrogens is 219 g/mol. The highest BCUT2D eigenvalue weighted by Crippen LogP contribution is 2.17. The van der Waals surface area contributed by atoms with Crippen molar-refractivity contribution in [3.8, 4) is 5.75 Å². The van der Waals surface area contributed by atoms with Crippen molar-refractivity contribution in [2.24, 2.45) is 0 Å². The number of phenols is 1. The summed E-state index contributed by atoms with van der Waals surface area (Å²) >= 11 is 0. The third-order valence-electron chi connectivity index (χ3n) is 2.53. The molecule has 0 bridgehead atoms. The maximum absolute atomic E-state index is 13.1. The van der Waals surface area contributed by atoms with Gasteiger partial charge in [0.15, 0.2) is 5.78 Å². The predicted molar refractivity (Wildman–Crippen MR) is 62.7 cm³/mol. The Balaban J connectivity index is 2.40. The average Bonchev–Trinajstić information content (AvgIpc) is 2.32. The van der Waals surface area contributed by atoms with Gasteiger partial charge in [0.25, 0.3) is 0 Å². The molecule has 0 radical (unpaired) electrons. The first-order valence-corrected chi connectivity index (χ1v) is 5.18. The molecule has 2 rings (SSSR count). The molecule has 0 fully saturated rings. The summed E-state index contributed by atoms with van der Waals surface area (Å²) in [7, 11) is 0. The van der Waals surface area contributed by atoms with Crippen LogP contribution in [-0.2, 0) is 0 Å². The Bertz CT molecular complexity index is 576. The van der Waals surface area contributed by atoms with E-state index in [4.69, 9.17) is 0 Å². The van der Waals surface area contributed by atoms with Crippen molar-refractivity contribution in [1.82, 2.24) is 0 Å². The zero-order chi connectivity index (χ0) is 12.4. The summed E-state index contributed by atoms with van der Waals surface area (Å²) in [6.45, 7) is 1.61. The van der Waals surface area contributed by atoms with Gasteiger partial charge in [0, 0.05) is 11.1 Å². The third-order valence-corrected chi connectivity index (χ3v) is 2.53. The van der Waals surface area contributed by atoms with Gasteiger partial charge >= 0.3 is 0 Å². The monoisotopic (exact) mass is 230 g/mol. The van der Waals surface area contributed by atoms with E-state index >= 15 is 0 Å².